The first kappa shape index (κ1) is 10.6. The van der Waals surface area contributed by atoms with Crippen molar-refractivity contribution in [2.75, 3.05) is 6.26 Å². The molecule has 6 heteroatoms. The maximum absolute atomic E-state index is 11.0. The fourth-order valence-electron chi connectivity index (χ4n) is 0.825. The molecule has 0 amide bonds. The fraction of sp³-hybridized carbons (Fsp3) is 0.714. The van der Waals surface area contributed by atoms with Crippen molar-refractivity contribution in [1.82, 2.24) is 9.36 Å². The number of unbranched alkanes of at least 4 members (excludes halogenated alkanes) is 1. The summed E-state index contributed by atoms with van der Waals surface area (Å²) in [6, 6.07) is 0. The van der Waals surface area contributed by atoms with Crippen LogP contribution >= 0.6 is 11.5 Å². The first-order valence-electron chi connectivity index (χ1n) is 4.06. The number of sulfone groups is 1. The van der Waals surface area contributed by atoms with Gasteiger partial charge in [-0.3, -0.25) is 0 Å². The standard InChI is InChI=1S/C7H12N2O2S2/c1-3-4-5-6-8-7(12-9-6)13(2,10)11/h3-5H2,1-2H3. The van der Waals surface area contributed by atoms with Crippen molar-refractivity contribution in [1.29, 1.82) is 0 Å². The minimum absolute atomic E-state index is 0.124. The van der Waals surface area contributed by atoms with Gasteiger partial charge in [-0.1, -0.05) is 13.3 Å². The molecule has 0 saturated heterocycles. The van der Waals surface area contributed by atoms with E-state index in [0.29, 0.717) is 5.82 Å². The smallest absolute Gasteiger partial charge is 0.221 e. The summed E-state index contributed by atoms with van der Waals surface area (Å²) in [5.74, 6) is 0.646. The Morgan fingerprint density at radius 3 is 2.62 bits per heavy atom. The monoisotopic (exact) mass is 220 g/mol. The average Bonchev–Trinajstić information content (AvgIpc) is 2.47. The lowest BCUT2D eigenvalue weighted by Gasteiger charge is -1.89. The van der Waals surface area contributed by atoms with Crippen molar-refractivity contribution in [3.8, 4) is 0 Å². The van der Waals surface area contributed by atoms with E-state index in [1.807, 2.05) is 0 Å². The Bertz CT molecular complexity index is 370. The first-order chi connectivity index (χ1) is 6.04. The lowest BCUT2D eigenvalue weighted by molar-refractivity contribution is 0.600. The lowest BCUT2D eigenvalue weighted by atomic mass is 10.2. The van der Waals surface area contributed by atoms with Crippen LogP contribution in [0.1, 0.15) is 25.6 Å². The van der Waals surface area contributed by atoms with E-state index in [1.54, 1.807) is 0 Å². The Balaban J connectivity index is 2.76. The number of hydrogen-bond donors (Lipinski definition) is 0. The van der Waals surface area contributed by atoms with Gasteiger partial charge in [-0.25, -0.2) is 13.4 Å². The van der Waals surface area contributed by atoms with E-state index in [0.717, 1.165) is 37.1 Å². The topological polar surface area (TPSA) is 59.9 Å². The van der Waals surface area contributed by atoms with Crippen molar-refractivity contribution in [2.45, 2.75) is 30.5 Å². The zero-order valence-corrected chi connectivity index (χ0v) is 9.28. The van der Waals surface area contributed by atoms with Crippen LogP contribution in [0, 0.1) is 0 Å². The van der Waals surface area contributed by atoms with E-state index in [4.69, 9.17) is 0 Å². The van der Waals surface area contributed by atoms with Crippen molar-refractivity contribution >= 4 is 21.4 Å². The van der Waals surface area contributed by atoms with Crippen LogP contribution < -0.4 is 0 Å². The SMILES string of the molecule is CCCCc1nsc(S(C)(=O)=O)n1. The zero-order valence-electron chi connectivity index (χ0n) is 7.65. The van der Waals surface area contributed by atoms with Gasteiger partial charge in [-0.05, 0) is 18.0 Å². The molecule has 0 saturated carbocycles. The molecule has 0 unspecified atom stereocenters. The van der Waals surface area contributed by atoms with E-state index in [-0.39, 0.29) is 4.34 Å². The van der Waals surface area contributed by atoms with Gasteiger partial charge in [0, 0.05) is 12.7 Å². The van der Waals surface area contributed by atoms with E-state index >= 15 is 0 Å². The number of hydrogen-bond acceptors (Lipinski definition) is 5. The van der Waals surface area contributed by atoms with Gasteiger partial charge in [0.1, 0.15) is 5.82 Å². The summed E-state index contributed by atoms with van der Waals surface area (Å²) < 4.78 is 26.2. The van der Waals surface area contributed by atoms with Crippen molar-refractivity contribution in [2.24, 2.45) is 0 Å². The van der Waals surface area contributed by atoms with Gasteiger partial charge in [-0.15, -0.1) is 0 Å². The van der Waals surface area contributed by atoms with Crippen LogP contribution in [0.5, 0.6) is 0 Å². The summed E-state index contributed by atoms with van der Waals surface area (Å²) in [4.78, 5) is 3.94. The summed E-state index contributed by atoms with van der Waals surface area (Å²) in [7, 11) is -3.16. The largest absolute Gasteiger partial charge is 0.228 e. The van der Waals surface area contributed by atoms with Gasteiger partial charge in [0.25, 0.3) is 0 Å². The second-order valence-corrected chi connectivity index (χ2v) is 5.79. The Labute approximate surface area is 82.1 Å². The third-order valence-electron chi connectivity index (χ3n) is 1.52. The van der Waals surface area contributed by atoms with Gasteiger partial charge in [0.2, 0.25) is 14.2 Å². The van der Waals surface area contributed by atoms with Crippen LogP contribution in [-0.2, 0) is 16.3 Å². The first-order valence-corrected chi connectivity index (χ1v) is 6.73. The Kier molecular flexibility index (Phi) is 3.38. The molecule has 0 aliphatic carbocycles. The molecule has 0 atom stereocenters. The Morgan fingerprint density at radius 1 is 1.46 bits per heavy atom. The predicted octanol–water partition coefficient (Wildman–Crippen LogP) is 1.28. The molecule has 0 aliphatic heterocycles. The number of aryl methyl sites for hydroxylation is 1. The molecule has 1 aromatic heterocycles. The van der Waals surface area contributed by atoms with E-state index in [9.17, 15) is 8.42 Å². The quantitative estimate of drug-likeness (QED) is 0.767. The van der Waals surface area contributed by atoms with E-state index in [2.05, 4.69) is 16.3 Å². The molecule has 1 aromatic rings. The molecule has 0 radical (unpaired) electrons. The molecular weight excluding hydrogens is 208 g/mol. The van der Waals surface area contributed by atoms with Crippen molar-refractivity contribution < 1.29 is 8.42 Å². The zero-order chi connectivity index (χ0) is 9.90. The van der Waals surface area contributed by atoms with Crippen molar-refractivity contribution in [3.63, 3.8) is 0 Å². The second-order valence-electron chi connectivity index (χ2n) is 2.85. The van der Waals surface area contributed by atoms with E-state index in [1.165, 1.54) is 0 Å². The molecule has 0 aliphatic rings. The summed E-state index contributed by atoms with van der Waals surface area (Å²) in [6.07, 6.45) is 3.98. The van der Waals surface area contributed by atoms with Crippen LogP contribution in [-0.4, -0.2) is 24.0 Å². The van der Waals surface area contributed by atoms with Gasteiger partial charge < -0.3 is 0 Å². The molecule has 0 N–H and O–H groups in total. The summed E-state index contributed by atoms with van der Waals surface area (Å²) in [6.45, 7) is 2.07. The van der Waals surface area contributed by atoms with Crippen LogP contribution in [0.25, 0.3) is 0 Å². The van der Waals surface area contributed by atoms with Gasteiger partial charge >= 0.3 is 0 Å². The molecule has 1 rings (SSSR count). The van der Waals surface area contributed by atoms with E-state index < -0.39 is 9.84 Å². The summed E-state index contributed by atoms with van der Waals surface area (Å²) in [5.41, 5.74) is 0. The minimum atomic E-state index is -3.16. The number of rotatable bonds is 4. The Morgan fingerprint density at radius 2 is 2.15 bits per heavy atom. The van der Waals surface area contributed by atoms with Gasteiger partial charge in [0.15, 0.2) is 0 Å². The molecule has 74 valence electrons. The normalized spacial score (nSPS) is 11.8. The Hall–Kier alpha value is -0.490. The summed E-state index contributed by atoms with van der Waals surface area (Å²) >= 11 is 0.958. The number of aromatic nitrogens is 2. The van der Waals surface area contributed by atoms with Crippen LogP contribution in [0.4, 0.5) is 0 Å². The van der Waals surface area contributed by atoms with Gasteiger partial charge in [0.05, 0.1) is 0 Å². The van der Waals surface area contributed by atoms with Crippen LogP contribution in [0.2, 0.25) is 0 Å². The van der Waals surface area contributed by atoms with Crippen LogP contribution in [0.3, 0.4) is 0 Å². The maximum Gasteiger partial charge on any atom is 0.228 e. The summed E-state index contributed by atoms with van der Waals surface area (Å²) in [5, 5.41) is 0. The molecule has 13 heavy (non-hydrogen) atoms. The van der Waals surface area contributed by atoms with Crippen molar-refractivity contribution in [3.05, 3.63) is 5.82 Å². The molecule has 1 heterocycles. The third kappa shape index (κ3) is 3.04. The van der Waals surface area contributed by atoms with Gasteiger partial charge in [-0.2, -0.15) is 4.37 Å². The lowest BCUT2D eigenvalue weighted by Crippen LogP contribution is -1.96. The minimum Gasteiger partial charge on any atom is -0.221 e. The molecule has 0 spiro atoms. The highest BCUT2D eigenvalue weighted by Gasteiger charge is 2.13. The third-order valence-corrected chi connectivity index (χ3v) is 3.93. The molecule has 0 aromatic carbocycles. The average molecular weight is 220 g/mol. The molecular formula is C7H12N2O2S2. The van der Waals surface area contributed by atoms with Crippen LogP contribution in [0.15, 0.2) is 4.34 Å². The maximum atomic E-state index is 11.0. The second kappa shape index (κ2) is 4.15. The molecule has 0 bridgehead atoms. The predicted molar refractivity (Wildman–Crippen MR) is 51.6 cm³/mol. The fourth-order valence-corrected chi connectivity index (χ4v) is 2.21. The highest BCUT2D eigenvalue weighted by Crippen LogP contribution is 2.12. The molecule has 4 nitrogen and oxygen atoms in total. The highest BCUT2D eigenvalue weighted by molar-refractivity contribution is 7.92. The highest BCUT2D eigenvalue weighted by atomic mass is 32.2. The molecule has 0 fully saturated rings. The number of nitrogens with zero attached hydrogens (tertiary/aromatic N) is 2.